The first kappa shape index (κ1) is 25.6. The van der Waals surface area contributed by atoms with Gasteiger partial charge in [-0.25, -0.2) is 9.79 Å². The highest BCUT2D eigenvalue weighted by Crippen LogP contribution is 2.39. The summed E-state index contributed by atoms with van der Waals surface area (Å²) >= 11 is 13.6. The molecule has 1 N–H and O–H groups in total. The minimum absolute atomic E-state index is 0.0926. The minimum Gasteiger partial charge on any atom is -0.497 e. The molecule has 7 nitrogen and oxygen atoms in total. The Morgan fingerprint density at radius 2 is 1.81 bits per heavy atom. The van der Waals surface area contributed by atoms with Gasteiger partial charge in [0.1, 0.15) is 5.75 Å². The predicted molar refractivity (Wildman–Crippen MR) is 143 cm³/mol. The lowest BCUT2D eigenvalue weighted by Gasteiger charge is -2.13. The maximum absolute atomic E-state index is 12.7. The summed E-state index contributed by atoms with van der Waals surface area (Å²) in [6.07, 6.45) is 1.66. The van der Waals surface area contributed by atoms with E-state index in [4.69, 9.17) is 37.4 Å². The Labute approximate surface area is 222 Å². The van der Waals surface area contributed by atoms with E-state index in [1.807, 2.05) is 0 Å². The second-order valence-corrected chi connectivity index (χ2v) is 9.21. The average Bonchev–Trinajstić information content (AvgIpc) is 3.21. The molecule has 0 spiro atoms. The maximum Gasteiger partial charge on any atom is 0.343 e. The summed E-state index contributed by atoms with van der Waals surface area (Å²) in [5.41, 5.74) is 1.58. The molecular weight excluding hydrogens is 523 g/mol. The number of amidine groups is 1. The van der Waals surface area contributed by atoms with E-state index in [1.54, 1.807) is 80.8 Å². The Morgan fingerprint density at radius 1 is 1.08 bits per heavy atom. The lowest BCUT2D eigenvalue weighted by molar-refractivity contribution is -0.115. The molecule has 0 saturated carbocycles. The van der Waals surface area contributed by atoms with Crippen molar-refractivity contribution in [3.8, 4) is 17.2 Å². The van der Waals surface area contributed by atoms with E-state index < -0.39 is 5.97 Å². The number of benzene rings is 3. The molecule has 0 aromatic heterocycles. The molecule has 3 aromatic rings. The summed E-state index contributed by atoms with van der Waals surface area (Å²) in [6, 6.07) is 16.7. The molecule has 1 saturated heterocycles. The highest BCUT2D eigenvalue weighted by Gasteiger charge is 2.25. The van der Waals surface area contributed by atoms with Gasteiger partial charge < -0.3 is 19.5 Å². The molecule has 36 heavy (non-hydrogen) atoms. The van der Waals surface area contributed by atoms with E-state index in [0.29, 0.717) is 44.3 Å². The van der Waals surface area contributed by atoms with Gasteiger partial charge in [-0.2, -0.15) is 0 Å². The third-order valence-electron chi connectivity index (χ3n) is 4.86. The number of nitrogens with zero attached hydrogens (tertiary/aromatic N) is 1. The third-order valence-corrected chi connectivity index (χ3v) is 6.30. The van der Waals surface area contributed by atoms with Crippen molar-refractivity contribution in [3.05, 3.63) is 86.7 Å². The van der Waals surface area contributed by atoms with Crippen LogP contribution in [0.5, 0.6) is 17.2 Å². The lowest BCUT2D eigenvalue weighted by atomic mass is 10.1. The molecule has 4 rings (SSSR count). The zero-order valence-corrected chi connectivity index (χ0v) is 21.5. The van der Waals surface area contributed by atoms with Gasteiger partial charge in [-0.1, -0.05) is 23.2 Å². The molecule has 0 bridgehead atoms. The highest BCUT2D eigenvalue weighted by molar-refractivity contribution is 8.18. The van der Waals surface area contributed by atoms with Crippen LogP contribution in [0.3, 0.4) is 0 Å². The molecule has 0 aliphatic carbocycles. The van der Waals surface area contributed by atoms with Crippen molar-refractivity contribution in [2.24, 2.45) is 4.99 Å². The molecule has 1 aliphatic heterocycles. The Kier molecular flexibility index (Phi) is 8.20. The largest absolute Gasteiger partial charge is 0.497 e. The number of methoxy groups -OCH3 is 1. The van der Waals surface area contributed by atoms with Crippen LogP contribution in [0.2, 0.25) is 10.0 Å². The number of aliphatic imine (C=N–C) groups is 1. The zero-order valence-electron chi connectivity index (χ0n) is 19.2. The Morgan fingerprint density at radius 3 is 2.47 bits per heavy atom. The fourth-order valence-corrected chi connectivity index (χ4v) is 4.40. The number of carbonyl (C=O) groups excluding carboxylic acids is 2. The van der Waals surface area contributed by atoms with E-state index in [2.05, 4.69) is 10.3 Å². The van der Waals surface area contributed by atoms with Crippen molar-refractivity contribution in [1.82, 2.24) is 5.32 Å². The third kappa shape index (κ3) is 6.20. The fourth-order valence-electron chi connectivity index (χ4n) is 3.18. The van der Waals surface area contributed by atoms with Crippen LogP contribution < -0.4 is 19.5 Å². The summed E-state index contributed by atoms with van der Waals surface area (Å²) in [5.74, 6) is 0.0940. The van der Waals surface area contributed by atoms with Crippen LogP contribution in [-0.4, -0.2) is 30.8 Å². The molecule has 1 amide bonds. The molecule has 3 aromatic carbocycles. The van der Waals surface area contributed by atoms with Gasteiger partial charge in [0.25, 0.3) is 5.91 Å². The van der Waals surface area contributed by atoms with Crippen LogP contribution in [-0.2, 0) is 4.79 Å². The number of esters is 1. The number of hydrogen-bond acceptors (Lipinski definition) is 7. The number of hydrogen-bond donors (Lipinski definition) is 1. The Bertz CT molecular complexity index is 1360. The van der Waals surface area contributed by atoms with Crippen LogP contribution in [0.1, 0.15) is 22.8 Å². The van der Waals surface area contributed by atoms with Gasteiger partial charge >= 0.3 is 5.97 Å². The number of carbonyl (C=O) groups is 2. The normalized spacial score (nSPS) is 15.2. The number of ether oxygens (including phenoxy) is 3. The number of halogens is 2. The molecular formula is C26H20Cl2N2O5S. The number of thioether (sulfide) groups is 1. The van der Waals surface area contributed by atoms with Crippen LogP contribution in [0.15, 0.2) is 70.6 Å². The summed E-state index contributed by atoms with van der Waals surface area (Å²) in [4.78, 5) is 30.0. The average molecular weight is 543 g/mol. The first-order valence-corrected chi connectivity index (χ1v) is 12.3. The number of amides is 1. The standard InChI is InChI=1S/C26H20Cl2N2O5S/c1-3-34-21-13-15(12-20(28)23(21)35-25(32)16-4-10-19(33-2)11-5-16)14-22-24(31)30-26(36-22)29-18-8-6-17(27)7-9-18/h4-14H,3H2,1-2H3,(H,29,30,31)/b22-14-. The second kappa shape index (κ2) is 11.5. The second-order valence-electron chi connectivity index (χ2n) is 7.34. The van der Waals surface area contributed by atoms with Crippen LogP contribution in [0, 0.1) is 0 Å². The quantitative estimate of drug-likeness (QED) is 0.208. The summed E-state index contributed by atoms with van der Waals surface area (Å²) in [7, 11) is 1.54. The molecule has 10 heteroatoms. The van der Waals surface area contributed by atoms with Gasteiger partial charge in [0, 0.05) is 5.02 Å². The first-order chi connectivity index (χ1) is 17.4. The molecule has 0 unspecified atom stereocenters. The van der Waals surface area contributed by atoms with E-state index >= 15 is 0 Å². The van der Waals surface area contributed by atoms with Crippen LogP contribution in [0.4, 0.5) is 5.69 Å². The summed E-state index contributed by atoms with van der Waals surface area (Å²) in [6.45, 7) is 2.12. The predicted octanol–water partition coefficient (Wildman–Crippen LogP) is 6.51. The maximum atomic E-state index is 12.7. The molecule has 1 fully saturated rings. The smallest absolute Gasteiger partial charge is 0.343 e. The monoisotopic (exact) mass is 542 g/mol. The van der Waals surface area contributed by atoms with Crippen LogP contribution in [0.25, 0.3) is 6.08 Å². The molecule has 0 radical (unpaired) electrons. The van der Waals surface area contributed by atoms with Crippen molar-refractivity contribution in [3.63, 3.8) is 0 Å². The van der Waals surface area contributed by atoms with Gasteiger partial charge in [-0.3, -0.25) is 4.79 Å². The fraction of sp³-hybridized carbons (Fsp3) is 0.115. The van der Waals surface area contributed by atoms with E-state index in [9.17, 15) is 9.59 Å². The summed E-state index contributed by atoms with van der Waals surface area (Å²) < 4.78 is 16.3. The van der Waals surface area contributed by atoms with Gasteiger partial charge in [0.15, 0.2) is 16.7 Å². The van der Waals surface area contributed by atoms with Crippen molar-refractivity contribution in [1.29, 1.82) is 0 Å². The lowest BCUT2D eigenvalue weighted by Crippen LogP contribution is -2.19. The van der Waals surface area contributed by atoms with Gasteiger partial charge in [0.05, 0.1) is 34.9 Å². The zero-order chi connectivity index (χ0) is 25.7. The Balaban J connectivity index is 1.57. The van der Waals surface area contributed by atoms with Gasteiger partial charge in [0.2, 0.25) is 0 Å². The number of nitrogens with one attached hydrogen (secondary N) is 1. The SMILES string of the molecule is CCOc1cc(/C=C2\SC(=Nc3ccc(Cl)cc3)NC2=O)cc(Cl)c1OC(=O)c1ccc(OC)cc1. The minimum atomic E-state index is -0.597. The van der Waals surface area contributed by atoms with E-state index in [-0.39, 0.29) is 22.4 Å². The number of rotatable bonds is 7. The summed E-state index contributed by atoms with van der Waals surface area (Å²) in [5, 5.41) is 3.94. The highest BCUT2D eigenvalue weighted by atomic mass is 35.5. The Hall–Kier alpha value is -3.46. The molecule has 0 atom stereocenters. The van der Waals surface area contributed by atoms with Crippen molar-refractivity contribution >= 4 is 63.8 Å². The van der Waals surface area contributed by atoms with Gasteiger partial charge in [-0.05, 0) is 91.0 Å². The topological polar surface area (TPSA) is 86.2 Å². The first-order valence-electron chi connectivity index (χ1n) is 10.7. The van der Waals surface area contributed by atoms with Crippen molar-refractivity contribution < 1.29 is 23.8 Å². The molecule has 1 aliphatic rings. The van der Waals surface area contributed by atoms with Crippen LogP contribution >= 0.6 is 35.0 Å². The van der Waals surface area contributed by atoms with E-state index in [1.165, 1.54) is 11.8 Å². The molecule has 1 heterocycles. The van der Waals surface area contributed by atoms with Crippen molar-refractivity contribution in [2.75, 3.05) is 13.7 Å². The van der Waals surface area contributed by atoms with E-state index in [0.717, 1.165) is 0 Å². The molecule has 184 valence electrons. The van der Waals surface area contributed by atoms with Crippen molar-refractivity contribution in [2.45, 2.75) is 6.92 Å². The van der Waals surface area contributed by atoms with Gasteiger partial charge in [-0.15, -0.1) is 0 Å².